The molecule has 1 aromatic heterocycles. The van der Waals surface area contributed by atoms with Crippen molar-refractivity contribution in [3.63, 3.8) is 0 Å². The summed E-state index contributed by atoms with van der Waals surface area (Å²) in [4.78, 5) is 10.6. The van der Waals surface area contributed by atoms with E-state index < -0.39 is 4.92 Å². The number of aliphatic hydroxyl groups is 1. The standard InChI is InChI=1S/C13H21N3O4/c1-10-3-5-11(6-4-10)15-9-12(16(18)19)13(14-15)20-8-2-7-17/h9-11,17H,2-8H2,1H3/t10-,11-. The molecular formula is C13H21N3O4. The molecule has 112 valence electrons. The van der Waals surface area contributed by atoms with E-state index in [1.165, 1.54) is 6.20 Å². The Morgan fingerprint density at radius 3 is 2.80 bits per heavy atom. The average molecular weight is 283 g/mol. The Hall–Kier alpha value is -1.63. The van der Waals surface area contributed by atoms with E-state index in [2.05, 4.69) is 12.0 Å². The van der Waals surface area contributed by atoms with Crippen LogP contribution in [0.15, 0.2) is 6.20 Å². The van der Waals surface area contributed by atoms with Crippen LogP contribution in [0.2, 0.25) is 0 Å². The molecule has 1 saturated carbocycles. The molecule has 1 aliphatic carbocycles. The van der Waals surface area contributed by atoms with Crippen molar-refractivity contribution in [1.82, 2.24) is 9.78 Å². The number of aliphatic hydroxyl groups excluding tert-OH is 1. The summed E-state index contributed by atoms with van der Waals surface area (Å²) in [6.07, 6.45) is 6.14. The van der Waals surface area contributed by atoms with Crippen LogP contribution < -0.4 is 4.74 Å². The number of rotatable bonds is 6. The summed E-state index contributed by atoms with van der Waals surface area (Å²) >= 11 is 0. The second kappa shape index (κ2) is 6.69. The lowest BCUT2D eigenvalue weighted by molar-refractivity contribution is -0.386. The van der Waals surface area contributed by atoms with Crippen LogP contribution in [0.4, 0.5) is 5.69 Å². The Morgan fingerprint density at radius 1 is 1.50 bits per heavy atom. The van der Waals surface area contributed by atoms with Gasteiger partial charge in [-0.1, -0.05) is 6.92 Å². The Morgan fingerprint density at radius 2 is 2.20 bits per heavy atom. The molecule has 20 heavy (non-hydrogen) atoms. The van der Waals surface area contributed by atoms with Crippen molar-refractivity contribution in [2.45, 2.75) is 45.1 Å². The zero-order chi connectivity index (χ0) is 14.5. The van der Waals surface area contributed by atoms with Crippen LogP contribution in [-0.4, -0.2) is 33.0 Å². The Labute approximate surface area is 117 Å². The first-order chi connectivity index (χ1) is 9.61. The molecule has 0 amide bonds. The second-order valence-electron chi connectivity index (χ2n) is 5.40. The summed E-state index contributed by atoms with van der Waals surface area (Å²) in [6, 6.07) is 0.222. The monoisotopic (exact) mass is 283 g/mol. The van der Waals surface area contributed by atoms with Crippen molar-refractivity contribution >= 4 is 5.69 Å². The van der Waals surface area contributed by atoms with Gasteiger partial charge < -0.3 is 9.84 Å². The first-order valence-corrected chi connectivity index (χ1v) is 7.09. The second-order valence-corrected chi connectivity index (χ2v) is 5.40. The molecule has 1 N–H and O–H groups in total. The summed E-state index contributed by atoms with van der Waals surface area (Å²) in [7, 11) is 0. The van der Waals surface area contributed by atoms with Crippen LogP contribution >= 0.6 is 0 Å². The van der Waals surface area contributed by atoms with E-state index in [1.807, 2.05) is 0 Å². The normalized spacial score (nSPS) is 22.7. The number of nitro groups is 1. The highest BCUT2D eigenvalue weighted by atomic mass is 16.6. The molecule has 0 saturated heterocycles. The van der Waals surface area contributed by atoms with Gasteiger partial charge in [-0.15, -0.1) is 5.10 Å². The van der Waals surface area contributed by atoms with Gasteiger partial charge in [-0.3, -0.25) is 14.8 Å². The molecule has 1 fully saturated rings. The maximum absolute atomic E-state index is 11.0. The van der Waals surface area contributed by atoms with Crippen LogP contribution in [0.25, 0.3) is 0 Å². The van der Waals surface area contributed by atoms with Crippen molar-refractivity contribution in [2.75, 3.05) is 13.2 Å². The molecule has 0 spiro atoms. The first kappa shape index (κ1) is 14.8. The lowest BCUT2D eigenvalue weighted by Gasteiger charge is -2.25. The Kier molecular flexibility index (Phi) is 4.94. The molecule has 0 atom stereocenters. The molecule has 1 heterocycles. The van der Waals surface area contributed by atoms with Gasteiger partial charge in [0.2, 0.25) is 0 Å². The summed E-state index contributed by atoms with van der Waals surface area (Å²) in [5, 5.41) is 24.0. The van der Waals surface area contributed by atoms with Gasteiger partial charge in [0.05, 0.1) is 17.6 Å². The van der Waals surface area contributed by atoms with Gasteiger partial charge >= 0.3 is 11.6 Å². The first-order valence-electron chi connectivity index (χ1n) is 7.09. The molecule has 1 aliphatic rings. The minimum atomic E-state index is -0.469. The van der Waals surface area contributed by atoms with Gasteiger partial charge in [-0.05, 0) is 31.6 Å². The van der Waals surface area contributed by atoms with Crippen molar-refractivity contribution in [2.24, 2.45) is 5.92 Å². The fourth-order valence-electron chi connectivity index (χ4n) is 2.52. The predicted octanol–water partition coefficient (Wildman–Crippen LogP) is 2.30. The molecule has 0 aromatic carbocycles. The Balaban J connectivity index is 2.09. The summed E-state index contributed by atoms with van der Waals surface area (Å²) in [5.41, 5.74) is -0.0958. The van der Waals surface area contributed by atoms with Gasteiger partial charge in [0.1, 0.15) is 6.20 Å². The third-order valence-corrected chi connectivity index (χ3v) is 3.78. The molecule has 2 rings (SSSR count). The van der Waals surface area contributed by atoms with Crippen molar-refractivity contribution in [3.05, 3.63) is 16.3 Å². The van der Waals surface area contributed by atoms with Crippen molar-refractivity contribution in [3.8, 4) is 5.88 Å². The maximum Gasteiger partial charge on any atom is 0.350 e. The quantitative estimate of drug-likeness (QED) is 0.491. The molecular weight excluding hydrogens is 262 g/mol. The van der Waals surface area contributed by atoms with E-state index in [0.29, 0.717) is 6.42 Å². The smallest absolute Gasteiger partial charge is 0.350 e. The van der Waals surface area contributed by atoms with E-state index in [1.54, 1.807) is 4.68 Å². The van der Waals surface area contributed by atoms with Gasteiger partial charge in [-0.2, -0.15) is 0 Å². The lowest BCUT2D eigenvalue weighted by atomic mass is 9.87. The van der Waals surface area contributed by atoms with Gasteiger partial charge in [-0.25, -0.2) is 0 Å². The zero-order valence-electron chi connectivity index (χ0n) is 11.7. The molecule has 1 aromatic rings. The largest absolute Gasteiger partial charge is 0.472 e. The highest BCUT2D eigenvalue weighted by Crippen LogP contribution is 2.34. The van der Waals surface area contributed by atoms with E-state index in [0.717, 1.165) is 31.6 Å². The SMILES string of the molecule is C[C@H]1CC[C@H](n2cc([N+](=O)[O-])c(OCCCO)n2)CC1. The lowest BCUT2D eigenvalue weighted by Crippen LogP contribution is -2.17. The molecule has 0 aliphatic heterocycles. The van der Waals surface area contributed by atoms with Gasteiger partial charge in [0.25, 0.3) is 0 Å². The van der Waals surface area contributed by atoms with Crippen LogP contribution in [0.3, 0.4) is 0 Å². The number of hydrogen-bond acceptors (Lipinski definition) is 5. The third kappa shape index (κ3) is 3.47. The summed E-state index contributed by atoms with van der Waals surface area (Å²) in [5.74, 6) is 0.777. The molecule has 0 bridgehead atoms. The van der Waals surface area contributed by atoms with E-state index in [9.17, 15) is 10.1 Å². The van der Waals surface area contributed by atoms with Crippen molar-refractivity contribution in [1.29, 1.82) is 0 Å². The van der Waals surface area contributed by atoms with Crippen molar-refractivity contribution < 1.29 is 14.8 Å². The molecule has 7 nitrogen and oxygen atoms in total. The number of ether oxygens (including phenoxy) is 1. The third-order valence-electron chi connectivity index (χ3n) is 3.78. The molecule has 7 heteroatoms. The zero-order valence-corrected chi connectivity index (χ0v) is 11.7. The van der Waals surface area contributed by atoms with Gasteiger partial charge in [0.15, 0.2) is 0 Å². The minimum Gasteiger partial charge on any atom is -0.472 e. The number of aromatic nitrogens is 2. The summed E-state index contributed by atoms with van der Waals surface area (Å²) < 4.78 is 6.98. The van der Waals surface area contributed by atoms with Crippen LogP contribution in [0.1, 0.15) is 45.1 Å². The Bertz CT molecular complexity index is 452. The molecule has 0 unspecified atom stereocenters. The van der Waals surface area contributed by atoms with E-state index in [-0.39, 0.29) is 30.8 Å². The fourth-order valence-corrected chi connectivity index (χ4v) is 2.52. The van der Waals surface area contributed by atoms with Gasteiger partial charge in [0, 0.05) is 13.0 Å². The van der Waals surface area contributed by atoms with E-state index in [4.69, 9.17) is 9.84 Å². The molecule has 0 radical (unpaired) electrons. The average Bonchev–Trinajstić information content (AvgIpc) is 2.84. The number of hydrogen-bond donors (Lipinski definition) is 1. The topological polar surface area (TPSA) is 90.4 Å². The maximum atomic E-state index is 11.0. The highest BCUT2D eigenvalue weighted by molar-refractivity contribution is 5.38. The van der Waals surface area contributed by atoms with Crippen LogP contribution in [0.5, 0.6) is 5.88 Å². The number of nitrogens with zero attached hydrogens (tertiary/aromatic N) is 3. The summed E-state index contributed by atoms with van der Waals surface area (Å²) in [6.45, 7) is 2.45. The van der Waals surface area contributed by atoms with Crippen LogP contribution in [0, 0.1) is 16.0 Å². The van der Waals surface area contributed by atoms with E-state index >= 15 is 0 Å². The highest BCUT2D eigenvalue weighted by Gasteiger charge is 2.26. The predicted molar refractivity (Wildman–Crippen MR) is 72.7 cm³/mol. The van der Waals surface area contributed by atoms with Crippen LogP contribution in [-0.2, 0) is 0 Å². The fraction of sp³-hybridized carbons (Fsp3) is 0.769. The minimum absolute atomic E-state index is 0.00494.